The van der Waals surface area contributed by atoms with Gasteiger partial charge < -0.3 is 5.11 Å². The lowest BCUT2D eigenvalue weighted by Crippen LogP contribution is -2.32. The SMILES string of the molecule is CCCCc1ccc(CCC(/C(C)=C(\C(C)=O)C(C)(C)O)C(C)(C)C)c(F)c1F. The number of rotatable bonds is 9. The van der Waals surface area contributed by atoms with E-state index < -0.39 is 17.2 Å². The number of aliphatic hydroxyl groups is 1. The number of halogens is 2. The van der Waals surface area contributed by atoms with E-state index in [-0.39, 0.29) is 17.1 Å². The number of carbonyl (C=O) groups excluding carboxylic acids is 1. The number of unbranched alkanes of at least 4 members (excludes halogenated alkanes) is 1. The van der Waals surface area contributed by atoms with Gasteiger partial charge in [-0.15, -0.1) is 0 Å². The summed E-state index contributed by atoms with van der Waals surface area (Å²) in [7, 11) is 0. The smallest absolute Gasteiger partial charge is 0.162 e. The minimum absolute atomic E-state index is 0.0601. The van der Waals surface area contributed by atoms with E-state index >= 15 is 0 Å². The zero-order chi connectivity index (χ0) is 22.6. The molecule has 2 nitrogen and oxygen atoms in total. The number of ketones is 1. The number of aryl methyl sites for hydroxylation is 2. The first-order chi connectivity index (χ1) is 13.2. The van der Waals surface area contributed by atoms with Crippen molar-refractivity contribution in [1.29, 1.82) is 0 Å². The standard InChI is InChI=1S/C25H38F2O2/c1-9-10-11-18-12-13-19(23(27)22(18)26)14-15-20(24(4,5)6)16(2)21(17(3)28)25(7,8)29/h12-13,20,29H,9-11,14-15H2,1-8H3/b21-16+. The van der Waals surface area contributed by atoms with Gasteiger partial charge in [-0.25, -0.2) is 8.78 Å². The van der Waals surface area contributed by atoms with E-state index in [9.17, 15) is 18.7 Å². The van der Waals surface area contributed by atoms with Gasteiger partial charge in [0, 0.05) is 5.57 Å². The number of benzene rings is 1. The molecule has 29 heavy (non-hydrogen) atoms. The van der Waals surface area contributed by atoms with Gasteiger partial charge >= 0.3 is 0 Å². The van der Waals surface area contributed by atoms with Gasteiger partial charge in [-0.1, -0.05) is 51.8 Å². The van der Waals surface area contributed by atoms with E-state index in [0.717, 1.165) is 18.4 Å². The first-order valence-corrected chi connectivity index (χ1v) is 10.6. The van der Waals surface area contributed by atoms with Crippen LogP contribution in [0.5, 0.6) is 0 Å². The van der Waals surface area contributed by atoms with Crippen LogP contribution < -0.4 is 0 Å². The van der Waals surface area contributed by atoms with Gasteiger partial charge in [-0.2, -0.15) is 0 Å². The van der Waals surface area contributed by atoms with Gasteiger partial charge in [0.2, 0.25) is 0 Å². The fraction of sp³-hybridized carbons (Fsp3) is 0.640. The van der Waals surface area contributed by atoms with Gasteiger partial charge in [-0.3, -0.25) is 4.79 Å². The van der Waals surface area contributed by atoms with Gasteiger partial charge in [0.15, 0.2) is 17.4 Å². The van der Waals surface area contributed by atoms with Crippen molar-refractivity contribution in [1.82, 2.24) is 0 Å². The quantitative estimate of drug-likeness (QED) is 0.469. The third-order valence-electron chi connectivity index (χ3n) is 5.67. The average Bonchev–Trinajstić information content (AvgIpc) is 2.55. The van der Waals surface area contributed by atoms with Gasteiger partial charge in [0.25, 0.3) is 0 Å². The summed E-state index contributed by atoms with van der Waals surface area (Å²) < 4.78 is 29.1. The summed E-state index contributed by atoms with van der Waals surface area (Å²) in [6.45, 7) is 14.8. The van der Waals surface area contributed by atoms with Crippen molar-refractivity contribution in [3.8, 4) is 0 Å². The van der Waals surface area contributed by atoms with Crippen molar-refractivity contribution < 1.29 is 18.7 Å². The lowest BCUT2D eigenvalue weighted by molar-refractivity contribution is -0.115. The van der Waals surface area contributed by atoms with Gasteiger partial charge in [0.05, 0.1) is 5.60 Å². The molecule has 164 valence electrons. The maximum absolute atomic E-state index is 14.6. The second-order valence-corrected chi connectivity index (χ2v) is 9.75. The van der Waals surface area contributed by atoms with Crippen molar-refractivity contribution in [2.45, 2.75) is 93.1 Å². The molecule has 0 fully saturated rings. The molecule has 0 radical (unpaired) electrons. The highest BCUT2D eigenvalue weighted by Gasteiger charge is 2.33. The summed E-state index contributed by atoms with van der Waals surface area (Å²) in [5.41, 5.74) is 0.552. The monoisotopic (exact) mass is 408 g/mol. The van der Waals surface area contributed by atoms with Crippen LogP contribution in [0.15, 0.2) is 23.3 Å². The highest BCUT2D eigenvalue weighted by molar-refractivity contribution is 5.95. The highest BCUT2D eigenvalue weighted by atomic mass is 19.2. The lowest BCUT2D eigenvalue weighted by atomic mass is 9.70. The summed E-state index contributed by atoms with van der Waals surface area (Å²) >= 11 is 0. The molecular weight excluding hydrogens is 370 g/mol. The molecule has 0 heterocycles. The number of hydrogen-bond acceptors (Lipinski definition) is 2. The zero-order valence-corrected chi connectivity index (χ0v) is 19.4. The van der Waals surface area contributed by atoms with E-state index in [0.29, 0.717) is 36.0 Å². The van der Waals surface area contributed by atoms with Crippen molar-refractivity contribution >= 4 is 5.78 Å². The Morgan fingerprint density at radius 3 is 1.86 bits per heavy atom. The van der Waals surface area contributed by atoms with E-state index in [1.807, 2.05) is 13.8 Å². The third-order valence-corrected chi connectivity index (χ3v) is 5.67. The van der Waals surface area contributed by atoms with Crippen molar-refractivity contribution in [2.24, 2.45) is 11.3 Å². The fourth-order valence-corrected chi connectivity index (χ4v) is 4.35. The summed E-state index contributed by atoms with van der Waals surface area (Å²) in [5.74, 6) is -1.73. The molecule has 0 aliphatic carbocycles. The molecule has 0 aromatic heterocycles. The van der Waals surface area contributed by atoms with Crippen LogP contribution in [-0.4, -0.2) is 16.5 Å². The number of Topliss-reactive ketones (excluding diaryl/α,β-unsaturated/α-hetero) is 1. The molecule has 1 aromatic carbocycles. The number of hydrogen-bond donors (Lipinski definition) is 1. The molecule has 1 N–H and O–H groups in total. The van der Waals surface area contributed by atoms with Crippen LogP contribution in [0.4, 0.5) is 8.78 Å². The largest absolute Gasteiger partial charge is 0.386 e. The van der Waals surface area contributed by atoms with Crippen LogP contribution in [0.3, 0.4) is 0 Å². The molecule has 0 amide bonds. The predicted octanol–water partition coefficient (Wildman–Crippen LogP) is 6.58. The van der Waals surface area contributed by atoms with Crippen LogP contribution >= 0.6 is 0 Å². The first-order valence-electron chi connectivity index (χ1n) is 10.6. The molecule has 0 spiro atoms. The summed E-state index contributed by atoms with van der Waals surface area (Å²) in [6.07, 6.45) is 3.23. The van der Waals surface area contributed by atoms with E-state index in [2.05, 4.69) is 20.8 Å². The Balaban J connectivity index is 3.23. The second-order valence-electron chi connectivity index (χ2n) is 9.75. The predicted molar refractivity (Wildman–Crippen MR) is 116 cm³/mol. The molecule has 0 saturated carbocycles. The van der Waals surface area contributed by atoms with E-state index in [1.54, 1.807) is 26.0 Å². The Labute approximate surface area is 175 Å². The Morgan fingerprint density at radius 2 is 1.48 bits per heavy atom. The topological polar surface area (TPSA) is 37.3 Å². The summed E-state index contributed by atoms with van der Waals surface area (Å²) in [6, 6.07) is 3.38. The minimum atomic E-state index is -1.25. The van der Waals surface area contributed by atoms with Crippen LogP contribution in [0.25, 0.3) is 0 Å². The van der Waals surface area contributed by atoms with Crippen LogP contribution in [0.1, 0.15) is 85.8 Å². The molecule has 1 atom stereocenters. The molecule has 1 aromatic rings. The van der Waals surface area contributed by atoms with Crippen LogP contribution in [-0.2, 0) is 17.6 Å². The number of carbonyl (C=O) groups is 1. The Hall–Kier alpha value is -1.55. The van der Waals surface area contributed by atoms with E-state index in [4.69, 9.17) is 0 Å². The Bertz CT molecular complexity index is 749. The maximum Gasteiger partial charge on any atom is 0.162 e. The maximum atomic E-state index is 14.6. The molecule has 1 unspecified atom stereocenters. The highest BCUT2D eigenvalue weighted by Crippen LogP contribution is 2.39. The molecule has 4 heteroatoms. The first kappa shape index (κ1) is 25.5. The summed E-state index contributed by atoms with van der Waals surface area (Å²) in [4.78, 5) is 12.2. The summed E-state index contributed by atoms with van der Waals surface area (Å²) in [5, 5.41) is 10.5. The van der Waals surface area contributed by atoms with Crippen molar-refractivity contribution in [3.05, 3.63) is 46.0 Å². The second kappa shape index (κ2) is 9.97. The Morgan fingerprint density at radius 1 is 1.00 bits per heavy atom. The third kappa shape index (κ3) is 6.74. The molecule has 1 rings (SSSR count). The molecule has 0 aliphatic rings. The van der Waals surface area contributed by atoms with Crippen LogP contribution in [0.2, 0.25) is 0 Å². The minimum Gasteiger partial charge on any atom is -0.386 e. The molecular formula is C25H38F2O2. The van der Waals surface area contributed by atoms with Gasteiger partial charge in [0.1, 0.15) is 0 Å². The number of allylic oxidation sites excluding steroid dienone is 1. The molecule has 0 saturated heterocycles. The molecule has 0 aliphatic heterocycles. The Kier molecular flexibility index (Phi) is 8.76. The normalized spacial score (nSPS) is 14.6. The van der Waals surface area contributed by atoms with E-state index in [1.165, 1.54) is 6.92 Å². The molecule has 0 bridgehead atoms. The van der Waals surface area contributed by atoms with Crippen molar-refractivity contribution in [2.75, 3.05) is 0 Å². The average molecular weight is 409 g/mol. The lowest BCUT2D eigenvalue weighted by Gasteiger charge is -2.35. The fourth-order valence-electron chi connectivity index (χ4n) is 4.35. The van der Waals surface area contributed by atoms with Crippen LogP contribution in [0, 0.1) is 23.0 Å². The van der Waals surface area contributed by atoms with Gasteiger partial charge in [-0.05, 0) is 75.8 Å². The zero-order valence-electron chi connectivity index (χ0n) is 19.4. The van der Waals surface area contributed by atoms with Crippen molar-refractivity contribution in [3.63, 3.8) is 0 Å².